The van der Waals surface area contributed by atoms with E-state index in [1.165, 1.54) is 26.0 Å². The van der Waals surface area contributed by atoms with Crippen molar-refractivity contribution in [2.24, 2.45) is 0 Å². The minimum absolute atomic E-state index is 0.205. The predicted molar refractivity (Wildman–Crippen MR) is 104 cm³/mol. The van der Waals surface area contributed by atoms with E-state index >= 15 is 0 Å². The van der Waals surface area contributed by atoms with Crippen LogP contribution in [-0.4, -0.2) is 46.6 Å². The van der Waals surface area contributed by atoms with Crippen molar-refractivity contribution in [3.63, 3.8) is 0 Å². The average Bonchev–Trinajstić information content (AvgIpc) is 3.02. The molecule has 2 aromatic carbocycles. The number of hydrazine groups is 1. The molecule has 1 aliphatic heterocycles. The van der Waals surface area contributed by atoms with Crippen molar-refractivity contribution < 1.29 is 28.7 Å². The van der Waals surface area contributed by atoms with E-state index in [0.717, 1.165) is 4.90 Å². The first-order chi connectivity index (χ1) is 14.3. The summed E-state index contributed by atoms with van der Waals surface area (Å²) in [6.45, 7) is 2.64. The van der Waals surface area contributed by atoms with Gasteiger partial charge in [-0.3, -0.25) is 34.9 Å². The molecule has 30 heavy (non-hydrogen) atoms. The highest BCUT2D eigenvalue weighted by Crippen LogP contribution is 2.24. The van der Waals surface area contributed by atoms with Crippen LogP contribution >= 0.6 is 0 Å². The van der Waals surface area contributed by atoms with Gasteiger partial charge in [0.05, 0.1) is 11.1 Å². The van der Waals surface area contributed by atoms with E-state index in [1.807, 2.05) is 0 Å². The van der Waals surface area contributed by atoms with Crippen molar-refractivity contribution in [2.45, 2.75) is 26.0 Å². The molecule has 0 aliphatic carbocycles. The van der Waals surface area contributed by atoms with Gasteiger partial charge in [0.15, 0.2) is 6.10 Å². The zero-order valence-corrected chi connectivity index (χ0v) is 16.2. The summed E-state index contributed by atoms with van der Waals surface area (Å²) in [5.41, 5.74) is 5.12. The van der Waals surface area contributed by atoms with E-state index in [4.69, 9.17) is 4.74 Å². The molecule has 0 spiro atoms. The number of amides is 4. The average molecular weight is 409 g/mol. The molecule has 0 radical (unpaired) electrons. The number of esters is 1. The molecule has 2 N–H and O–H groups in total. The Labute approximate surface area is 172 Å². The van der Waals surface area contributed by atoms with Crippen LogP contribution < -0.4 is 10.9 Å². The monoisotopic (exact) mass is 409 g/mol. The number of rotatable bonds is 5. The molecule has 9 nitrogen and oxygen atoms in total. The molecular weight excluding hydrogens is 390 g/mol. The van der Waals surface area contributed by atoms with Crippen molar-refractivity contribution in [3.8, 4) is 0 Å². The first-order valence-electron chi connectivity index (χ1n) is 9.14. The SMILES string of the molecule is C[C@H](C(=O)O[C@H](C)C(=O)NNC(=O)c1ccccc1)N1C(=O)c2ccccc2C1=O. The summed E-state index contributed by atoms with van der Waals surface area (Å²) in [6.07, 6.45) is -1.27. The van der Waals surface area contributed by atoms with Gasteiger partial charge in [0.1, 0.15) is 6.04 Å². The lowest BCUT2D eigenvalue weighted by Crippen LogP contribution is -2.49. The van der Waals surface area contributed by atoms with Crippen LogP contribution in [0.5, 0.6) is 0 Å². The number of carbonyl (C=O) groups excluding carboxylic acids is 5. The van der Waals surface area contributed by atoms with Gasteiger partial charge >= 0.3 is 5.97 Å². The van der Waals surface area contributed by atoms with E-state index in [0.29, 0.717) is 5.56 Å². The summed E-state index contributed by atoms with van der Waals surface area (Å²) in [6, 6.07) is 13.2. The van der Waals surface area contributed by atoms with E-state index < -0.39 is 41.7 Å². The lowest BCUT2D eigenvalue weighted by atomic mass is 10.1. The largest absolute Gasteiger partial charge is 0.451 e. The third-order valence-corrected chi connectivity index (χ3v) is 4.55. The molecule has 0 unspecified atom stereocenters. The second kappa shape index (κ2) is 8.56. The first-order valence-corrected chi connectivity index (χ1v) is 9.14. The summed E-state index contributed by atoms with van der Waals surface area (Å²) < 4.78 is 5.07. The topological polar surface area (TPSA) is 122 Å². The smallest absolute Gasteiger partial charge is 0.329 e. The second-order valence-electron chi connectivity index (χ2n) is 6.59. The highest BCUT2D eigenvalue weighted by molar-refractivity contribution is 6.22. The van der Waals surface area contributed by atoms with Crippen LogP contribution in [-0.2, 0) is 14.3 Å². The zero-order chi connectivity index (χ0) is 21.8. The summed E-state index contributed by atoms with van der Waals surface area (Å²) in [4.78, 5) is 62.2. The number of nitrogens with one attached hydrogen (secondary N) is 2. The van der Waals surface area contributed by atoms with Crippen molar-refractivity contribution in [1.82, 2.24) is 15.8 Å². The highest BCUT2D eigenvalue weighted by atomic mass is 16.5. The van der Waals surface area contributed by atoms with E-state index in [9.17, 15) is 24.0 Å². The van der Waals surface area contributed by atoms with Crippen LogP contribution in [0, 0.1) is 0 Å². The normalized spacial score (nSPS) is 14.5. The summed E-state index contributed by atoms with van der Waals surface area (Å²) in [7, 11) is 0. The number of ether oxygens (including phenoxy) is 1. The number of hydrogen-bond acceptors (Lipinski definition) is 6. The van der Waals surface area contributed by atoms with Crippen LogP contribution in [0.2, 0.25) is 0 Å². The molecule has 2 aromatic rings. The molecule has 3 rings (SSSR count). The maximum absolute atomic E-state index is 12.5. The minimum Gasteiger partial charge on any atom is -0.451 e. The summed E-state index contributed by atoms with van der Waals surface area (Å²) in [5.74, 6) is -3.45. The quantitative estimate of drug-likeness (QED) is 0.433. The lowest BCUT2D eigenvalue weighted by Gasteiger charge is -2.22. The number of fused-ring (bicyclic) bond motifs is 1. The molecule has 9 heteroatoms. The molecule has 4 amide bonds. The number of nitrogens with zero attached hydrogens (tertiary/aromatic N) is 1. The van der Waals surface area contributed by atoms with Crippen molar-refractivity contribution in [2.75, 3.05) is 0 Å². The molecule has 0 saturated heterocycles. The van der Waals surface area contributed by atoms with Crippen LogP contribution in [0.3, 0.4) is 0 Å². The van der Waals surface area contributed by atoms with Gasteiger partial charge in [0.2, 0.25) is 0 Å². The number of benzene rings is 2. The van der Waals surface area contributed by atoms with Crippen molar-refractivity contribution in [1.29, 1.82) is 0 Å². The lowest BCUT2D eigenvalue weighted by molar-refractivity contribution is -0.158. The fourth-order valence-electron chi connectivity index (χ4n) is 2.87. The van der Waals surface area contributed by atoms with Gasteiger partial charge in [-0.2, -0.15) is 0 Å². The van der Waals surface area contributed by atoms with Crippen molar-refractivity contribution >= 4 is 29.6 Å². The van der Waals surface area contributed by atoms with Gasteiger partial charge in [-0.05, 0) is 38.1 Å². The molecule has 0 bridgehead atoms. The van der Waals surface area contributed by atoms with Crippen LogP contribution in [0.1, 0.15) is 44.9 Å². The van der Waals surface area contributed by atoms with Gasteiger partial charge in [-0.25, -0.2) is 4.79 Å². The van der Waals surface area contributed by atoms with Crippen LogP contribution in [0.25, 0.3) is 0 Å². The Bertz CT molecular complexity index is 985. The molecule has 0 saturated carbocycles. The van der Waals surface area contributed by atoms with Crippen LogP contribution in [0.4, 0.5) is 0 Å². The summed E-state index contributed by atoms with van der Waals surface area (Å²) >= 11 is 0. The number of hydrogen-bond donors (Lipinski definition) is 2. The Balaban J connectivity index is 1.56. The molecule has 0 aromatic heterocycles. The van der Waals surface area contributed by atoms with Gasteiger partial charge in [0.25, 0.3) is 23.6 Å². The number of carbonyl (C=O) groups is 5. The van der Waals surface area contributed by atoms with Gasteiger partial charge < -0.3 is 4.74 Å². The molecule has 1 heterocycles. The third-order valence-electron chi connectivity index (χ3n) is 4.55. The Morgan fingerprint density at radius 3 is 1.93 bits per heavy atom. The van der Waals surface area contributed by atoms with E-state index in [-0.39, 0.29) is 11.1 Å². The fraction of sp³-hybridized carbons (Fsp3) is 0.190. The summed E-state index contributed by atoms with van der Waals surface area (Å²) in [5, 5.41) is 0. The molecule has 1 aliphatic rings. The number of imide groups is 1. The van der Waals surface area contributed by atoms with E-state index in [2.05, 4.69) is 10.9 Å². The molecular formula is C21H19N3O6. The maximum Gasteiger partial charge on any atom is 0.329 e. The van der Waals surface area contributed by atoms with Crippen molar-refractivity contribution in [3.05, 3.63) is 71.3 Å². The standard InChI is InChI=1S/C21H19N3O6/c1-12(24-19(27)15-10-6-7-11-16(15)20(24)28)21(29)30-13(2)17(25)22-23-18(26)14-8-4-3-5-9-14/h3-13H,1-2H3,(H,22,25)(H,23,26)/t12-,13-/m1/s1. The van der Waals surface area contributed by atoms with Gasteiger partial charge in [0, 0.05) is 5.56 Å². The zero-order valence-electron chi connectivity index (χ0n) is 16.2. The first kappa shape index (κ1) is 20.7. The minimum atomic E-state index is -1.27. The molecule has 154 valence electrons. The Kier molecular flexibility index (Phi) is 5.91. The van der Waals surface area contributed by atoms with E-state index in [1.54, 1.807) is 42.5 Å². The Morgan fingerprint density at radius 2 is 1.37 bits per heavy atom. The van der Waals surface area contributed by atoms with Gasteiger partial charge in [-0.1, -0.05) is 30.3 Å². The molecule has 2 atom stereocenters. The van der Waals surface area contributed by atoms with Crippen LogP contribution in [0.15, 0.2) is 54.6 Å². The Morgan fingerprint density at radius 1 is 0.833 bits per heavy atom. The third kappa shape index (κ3) is 4.04. The predicted octanol–water partition coefficient (Wildman–Crippen LogP) is 1.06. The fourth-order valence-corrected chi connectivity index (χ4v) is 2.87. The molecule has 0 fully saturated rings. The maximum atomic E-state index is 12.5. The Hall–Kier alpha value is -4.01. The second-order valence-corrected chi connectivity index (χ2v) is 6.59. The van der Waals surface area contributed by atoms with Gasteiger partial charge in [-0.15, -0.1) is 0 Å². The highest BCUT2D eigenvalue weighted by Gasteiger charge is 2.41.